The summed E-state index contributed by atoms with van der Waals surface area (Å²) in [5, 5.41) is 0. The summed E-state index contributed by atoms with van der Waals surface area (Å²) in [6.45, 7) is 0. The van der Waals surface area contributed by atoms with Crippen molar-refractivity contribution in [3.8, 4) is 0 Å². The van der Waals surface area contributed by atoms with Gasteiger partial charge in [-0.1, -0.05) is 0 Å². The van der Waals surface area contributed by atoms with Crippen molar-refractivity contribution in [3.63, 3.8) is 0 Å². The van der Waals surface area contributed by atoms with E-state index in [1.165, 1.54) is 0 Å². The molecule has 0 aliphatic rings. The molecule has 36 valence electrons. The van der Waals surface area contributed by atoms with Gasteiger partial charge in [0.1, 0.15) is 0 Å². The van der Waals surface area contributed by atoms with Crippen LogP contribution in [0.1, 0.15) is 0 Å². The van der Waals surface area contributed by atoms with E-state index >= 15 is 0 Å². The molecule has 0 spiro atoms. The molecule has 0 heterocycles. The van der Waals surface area contributed by atoms with Gasteiger partial charge in [-0.15, -0.1) is 0 Å². The van der Waals surface area contributed by atoms with E-state index in [1.807, 2.05) is 0 Å². The summed E-state index contributed by atoms with van der Waals surface area (Å²) < 4.78 is 0. The Morgan fingerprint density at radius 2 is 1.00 bits per heavy atom. The molecule has 0 aliphatic carbocycles. The average molecular weight is 273 g/mol. The second kappa shape index (κ2) is 28.5. The Labute approximate surface area is 91.5 Å². The molecule has 0 rings (SSSR count). The van der Waals surface area contributed by atoms with Gasteiger partial charge >= 0.3 is 23.1 Å². The predicted molar refractivity (Wildman–Crippen MR) is 8.54 cm³/mol. The molecule has 0 atom stereocenters. The van der Waals surface area contributed by atoms with Crippen LogP contribution in [0.25, 0.3) is 0 Å². The second-order valence-electron chi connectivity index (χ2n) is 0. The smallest absolute Gasteiger partial charge is 0 e. The van der Waals surface area contributed by atoms with Crippen LogP contribution < -0.4 is 0 Å². The van der Waals surface area contributed by atoms with Crippen LogP contribution in [0, 0.1) is 0 Å². The van der Waals surface area contributed by atoms with Crippen molar-refractivity contribution >= 4 is 23.1 Å². The summed E-state index contributed by atoms with van der Waals surface area (Å²) in [6.07, 6.45) is 0. The van der Waals surface area contributed by atoms with Crippen LogP contribution in [0.15, 0.2) is 0 Å². The van der Waals surface area contributed by atoms with Crippen molar-refractivity contribution < 1.29 is 69.8 Å². The molecular formula is H2CoCuMgNiZn. The van der Waals surface area contributed by atoms with Gasteiger partial charge in [-0.2, -0.15) is 0 Å². The zero-order valence-corrected chi connectivity index (χ0v) is 7.60. The molecule has 0 amide bonds. The summed E-state index contributed by atoms with van der Waals surface area (Å²) in [7, 11) is 0. The first kappa shape index (κ1) is 44.6. The molecule has 0 aromatic rings. The van der Waals surface area contributed by atoms with Crippen molar-refractivity contribution in [2.45, 2.75) is 0 Å². The third kappa shape index (κ3) is 19.7. The first-order chi connectivity index (χ1) is 0. The van der Waals surface area contributed by atoms with Gasteiger partial charge in [-0.3, -0.25) is 0 Å². The molecule has 0 aromatic heterocycles. The van der Waals surface area contributed by atoms with Crippen LogP contribution in [0.2, 0.25) is 0 Å². The fourth-order valence-corrected chi connectivity index (χ4v) is 0. The van der Waals surface area contributed by atoms with Crippen molar-refractivity contribution in [2.24, 2.45) is 0 Å². The Kier molecular flexibility index (Phi) is 254. The minimum absolute atomic E-state index is 0. The maximum atomic E-state index is 0. The quantitative estimate of drug-likeness (QED) is 0.500. The Bertz CT molecular complexity index is 11.6. The number of hydrogen-bond acceptors (Lipinski definition) is 0. The molecule has 0 nitrogen and oxygen atoms in total. The van der Waals surface area contributed by atoms with Gasteiger partial charge < -0.3 is 0 Å². The van der Waals surface area contributed by atoms with E-state index in [9.17, 15) is 0 Å². The second-order valence-corrected chi connectivity index (χ2v) is 0. The SMILES string of the molecule is [Co].[Cu].[MgH2].[Ni].[Zn]. The summed E-state index contributed by atoms with van der Waals surface area (Å²) in [6, 6.07) is 0. The van der Waals surface area contributed by atoms with Crippen molar-refractivity contribution in [1.82, 2.24) is 0 Å². The molecule has 0 aromatic carbocycles. The molecular weight excluding hydrogens is 271 g/mol. The zero-order chi connectivity index (χ0) is 0. The van der Waals surface area contributed by atoms with E-state index in [1.54, 1.807) is 0 Å². The van der Waals surface area contributed by atoms with E-state index in [0.717, 1.165) is 0 Å². The van der Waals surface area contributed by atoms with Gasteiger partial charge in [-0.05, 0) is 0 Å². The van der Waals surface area contributed by atoms with E-state index in [4.69, 9.17) is 0 Å². The van der Waals surface area contributed by atoms with Gasteiger partial charge in [0, 0.05) is 69.8 Å². The van der Waals surface area contributed by atoms with Crippen LogP contribution in [-0.2, 0) is 69.8 Å². The summed E-state index contributed by atoms with van der Waals surface area (Å²) in [4.78, 5) is 0. The van der Waals surface area contributed by atoms with Crippen LogP contribution in [0.5, 0.6) is 0 Å². The normalized spacial score (nSPS) is 0. The largest absolute Gasteiger partial charge is 0.316 e. The average Bonchev–Trinajstić information content (AvgIpc) is 0. The first-order valence-corrected chi connectivity index (χ1v) is 0. The topological polar surface area (TPSA) is 0 Å². The van der Waals surface area contributed by atoms with Gasteiger partial charge in [0.05, 0.1) is 0 Å². The summed E-state index contributed by atoms with van der Waals surface area (Å²) in [5.74, 6) is 0. The Hall–Kier alpha value is 2.91. The maximum Gasteiger partial charge on any atom is 0.316 e. The van der Waals surface area contributed by atoms with E-state index in [2.05, 4.69) is 0 Å². The van der Waals surface area contributed by atoms with Gasteiger partial charge in [0.2, 0.25) is 0 Å². The third-order valence-corrected chi connectivity index (χ3v) is 0. The Balaban J connectivity index is 0. The van der Waals surface area contributed by atoms with Crippen molar-refractivity contribution in [1.29, 1.82) is 0 Å². The van der Waals surface area contributed by atoms with Gasteiger partial charge in [-0.25, -0.2) is 0 Å². The Morgan fingerprint density at radius 3 is 1.00 bits per heavy atom. The minimum atomic E-state index is 0. The number of rotatable bonds is 0. The van der Waals surface area contributed by atoms with Gasteiger partial charge in [0.25, 0.3) is 0 Å². The summed E-state index contributed by atoms with van der Waals surface area (Å²) >= 11 is 0. The minimum Gasteiger partial charge on any atom is 0 e. The van der Waals surface area contributed by atoms with E-state index < -0.39 is 0 Å². The van der Waals surface area contributed by atoms with E-state index in [-0.39, 0.29) is 92.9 Å². The molecule has 2 radical (unpaired) electrons. The van der Waals surface area contributed by atoms with Crippen LogP contribution >= 0.6 is 0 Å². The molecule has 5 heteroatoms. The van der Waals surface area contributed by atoms with Crippen molar-refractivity contribution in [3.05, 3.63) is 0 Å². The van der Waals surface area contributed by atoms with Gasteiger partial charge in [0.15, 0.2) is 0 Å². The molecule has 0 fully saturated rings. The fraction of sp³-hybridized carbons (Fsp3) is 0. The monoisotopic (exact) mass is 270 g/mol. The van der Waals surface area contributed by atoms with Crippen LogP contribution in [0.4, 0.5) is 0 Å². The Morgan fingerprint density at radius 1 is 1.00 bits per heavy atom. The molecule has 0 saturated carbocycles. The zero-order valence-electron chi connectivity index (χ0n) is 1.66. The first-order valence-electron chi connectivity index (χ1n) is 0. The standard InChI is InChI=1S/Co.Cu.Mg.Ni.Zn.2H. The molecule has 0 saturated heterocycles. The molecule has 0 unspecified atom stereocenters. The van der Waals surface area contributed by atoms with E-state index in [0.29, 0.717) is 0 Å². The predicted octanol–water partition coefficient (Wildman–Crippen LogP) is -0.926. The third-order valence-electron chi connectivity index (χ3n) is 0. The summed E-state index contributed by atoms with van der Waals surface area (Å²) in [5.41, 5.74) is 0. The maximum absolute atomic E-state index is 0. The molecule has 0 N–H and O–H groups in total. The molecule has 5 heavy (non-hydrogen) atoms. The van der Waals surface area contributed by atoms with Crippen LogP contribution in [-0.4, -0.2) is 23.1 Å². The fourth-order valence-electron chi connectivity index (χ4n) is 0. The number of hydrogen-bond donors (Lipinski definition) is 0. The van der Waals surface area contributed by atoms with Crippen molar-refractivity contribution in [2.75, 3.05) is 0 Å². The molecule has 0 aliphatic heterocycles. The van der Waals surface area contributed by atoms with Crippen LogP contribution in [0.3, 0.4) is 0 Å². The molecule has 0 bridgehead atoms.